The maximum Gasteiger partial charge on any atom is 0.0702 e. The van der Waals surface area contributed by atoms with Gasteiger partial charge in [-0.15, -0.1) is 0 Å². The van der Waals surface area contributed by atoms with Crippen LogP contribution in [-0.2, 0) is 5.41 Å². The summed E-state index contributed by atoms with van der Waals surface area (Å²) in [6, 6.07) is 35.4. The zero-order valence-corrected chi connectivity index (χ0v) is 18.8. The second-order valence-corrected chi connectivity index (χ2v) is 9.60. The highest BCUT2D eigenvalue weighted by molar-refractivity contribution is 6.29. The first-order chi connectivity index (χ1) is 16.1. The quantitative estimate of drug-likeness (QED) is 0.242. The van der Waals surface area contributed by atoms with Crippen molar-refractivity contribution in [3.8, 4) is 22.4 Å². The molecule has 156 valence electrons. The van der Waals surface area contributed by atoms with Crippen LogP contribution >= 0.6 is 0 Å². The molecule has 1 heterocycles. The van der Waals surface area contributed by atoms with Crippen LogP contribution in [0.3, 0.4) is 0 Å². The predicted octanol–water partition coefficient (Wildman–Crippen LogP) is 8.51. The van der Waals surface area contributed by atoms with Crippen LogP contribution in [0.1, 0.15) is 25.0 Å². The number of hydrogen-bond donors (Lipinski definition) is 0. The first-order valence-corrected chi connectivity index (χ1v) is 11.6. The maximum atomic E-state index is 4.62. The fourth-order valence-electron chi connectivity index (χ4n) is 5.93. The Morgan fingerprint density at radius 2 is 1.18 bits per heavy atom. The molecule has 0 fully saturated rings. The van der Waals surface area contributed by atoms with Gasteiger partial charge in [-0.25, -0.2) is 0 Å². The average molecular weight is 422 g/mol. The summed E-state index contributed by atoms with van der Waals surface area (Å²) >= 11 is 0. The van der Waals surface area contributed by atoms with Crippen molar-refractivity contribution in [2.24, 2.45) is 0 Å². The van der Waals surface area contributed by atoms with E-state index in [9.17, 15) is 0 Å². The van der Waals surface area contributed by atoms with Crippen molar-refractivity contribution in [2.45, 2.75) is 19.3 Å². The third-order valence-corrected chi connectivity index (χ3v) is 7.51. The molecule has 0 aliphatic heterocycles. The largest absolute Gasteiger partial charge is 0.256 e. The molecular weight excluding hydrogens is 398 g/mol. The molecule has 0 saturated carbocycles. The van der Waals surface area contributed by atoms with Crippen molar-refractivity contribution in [3.63, 3.8) is 0 Å². The summed E-state index contributed by atoms with van der Waals surface area (Å²) in [5.74, 6) is 0. The minimum Gasteiger partial charge on any atom is -0.256 e. The number of hydrogen-bond acceptors (Lipinski definition) is 1. The second kappa shape index (κ2) is 6.52. The highest BCUT2D eigenvalue weighted by Gasteiger charge is 2.37. The van der Waals surface area contributed by atoms with E-state index >= 15 is 0 Å². The highest BCUT2D eigenvalue weighted by atomic mass is 14.7. The molecule has 1 aromatic heterocycles. The summed E-state index contributed by atoms with van der Waals surface area (Å²) < 4.78 is 0. The number of benzene rings is 5. The number of rotatable bonds is 1. The number of aromatic nitrogens is 1. The van der Waals surface area contributed by atoms with Crippen LogP contribution < -0.4 is 0 Å². The fraction of sp³-hybridized carbons (Fsp3) is 0.0938. The van der Waals surface area contributed by atoms with E-state index in [1.165, 1.54) is 60.1 Å². The fourth-order valence-corrected chi connectivity index (χ4v) is 5.93. The normalized spacial score (nSPS) is 14.0. The summed E-state index contributed by atoms with van der Waals surface area (Å²) in [6.45, 7) is 4.71. The molecule has 1 aliphatic carbocycles. The van der Waals surface area contributed by atoms with Crippen molar-refractivity contribution in [1.29, 1.82) is 0 Å². The molecule has 6 aromatic rings. The molecular formula is C32H23N. The van der Waals surface area contributed by atoms with Crippen molar-refractivity contribution in [3.05, 3.63) is 114 Å². The molecule has 0 amide bonds. The van der Waals surface area contributed by atoms with Gasteiger partial charge in [-0.1, -0.05) is 92.7 Å². The molecule has 0 spiro atoms. The molecule has 7 rings (SSSR count). The van der Waals surface area contributed by atoms with E-state index in [-0.39, 0.29) is 5.41 Å². The molecule has 33 heavy (non-hydrogen) atoms. The molecule has 0 atom stereocenters. The highest BCUT2D eigenvalue weighted by Crippen LogP contribution is 2.54. The Labute approximate surface area is 193 Å². The lowest BCUT2D eigenvalue weighted by molar-refractivity contribution is 0.661. The van der Waals surface area contributed by atoms with Gasteiger partial charge < -0.3 is 0 Å². The molecule has 1 heteroatoms. The monoisotopic (exact) mass is 421 g/mol. The molecule has 1 aliphatic rings. The number of pyridine rings is 1. The zero-order valence-electron chi connectivity index (χ0n) is 18.8. The molecule has 0 radical (unpaired) electrons. The summed E-state index contributed by atoms with van der Waals surface area (Å²) in [4.78, 5) is 4.62. The lowest BCUT2D eigenvalue weighted by Gasteiger charge is -2.22. The third kappa shape index (κ3) is 2.45. The smallest absolute Gasteiger partial charge is 0.0702 e. The Hall–Kier alpha value is -3.97. The number of nitrogens with zero attached hydrogens (tertiary/aromatic N) is 1. The van der Waals surface area contributed by atoms with Crippen LogP contribution in [0.5, 0.6) is 0 Å². The van der Waals surface area contributed by atoms with E-state index in [2.05, 4.69) is 110 Å². The average Bonchev–Trinajstić information content (AvgIpc) is 3.11. The van der Waals surface area contributed by atoms with Gasteiger partial charge >= 0.3 is 0 Å². The predicted molar refractivity (Wildman–Crippen MR) is 140 cm³/mol. The Balaban J connectivity index is 1.68. The van der Waals surface area contributed by atoms with Crippen LogP contribution in [0, 0.1) is 0 Å². The zero-order chi connectivity index (χ0) is 22.2. The van der Waals surface area contributed by atoms with Crippen LogP contribution in [0.15, 0.2) is 103 Å². The molecule has 0 N–H and O–H groups in total. The third-order valence-electron chi connectivity index (χ3n) is 7.51. The summed E-state index contributed by atoms with van der Waals surface area (Å²) in [6.07, 6.45) is 1.87. The lowest BCUT2D eigenvalue weighted by Crippen LogP contribution is -2.14. The van der Waals surface area contributed by atoms with Gasteiger partial charge in [0.15, 0.2) is 0 Å². The lowest BCUT2D eigenvalue weighted by atomic mass is 9.81. The Kier molecular flexibility index (Phi) is 3.67. The standard InChI is InChI=1S/C32H23N/c1-32(2)27-16-14-20(29-13-7-8-18-33-29)19-26(27)31-28(32)17-15-25-23-11-4-3-9-21(23)22-10-5-6-12-24(22)30(25)31/h3-19H,1-2H3. The first-order valence-electron chi connectivity index (χ1n) is 11.6. The summed E-state index contributed by atoms with van der Waals surface area (Å²) in [7, 11) is 0. The molecule has 0 saturated heterocycles. The minimum absolute atomic E-state index is 0.0474. The van der Waals surface area contributed by atoms with Gasteiger partial charge in [0, 0.05) is 17.2 Å². The molecule has 1 nitrogen and oxygen atoms in total. The number of fused-ring (bicyclic) bond motifs is 10. The van der Waals surface area contributed by atoms with Gasteiger partial charge in [-0.2, -0.15) is 0 Å². The van der Waals surface area contributed by atoms with Gasteiger partial charge in [0.25, 0.3) is 0 Å². The molecule has 5 aromatic carbocycles. The van der Waals surface area contributed by atoms with E-state index in [0.29, 0.717) is 0 Å². The second-order valence-electron chi connectivity index (χ2n) is 9.60. The van der Waals surface area contributed by atoms with E-state index in [4.69, 9.17) is 0 Å². The van der Waals surface area contributed by atoms with E-state index < -0.39 is 0 Å². The minimum atomic E-state index is -0.0474. The topological polar surface area (TPSA) is 12.9 Å². The van der Waals surface area contributed by atoms with Crippen molar-refractivity contribution < 1.29 is 0 Å². The van der Waals surface area contributed by atoms with Crippen molar-refractivity contribution >= 4 is 32.3 Å². The van der Waals surface area contributed by atoms with Crippen molar-refractivity contribution in [2.75, 3.05) is 0 Å². The van der Waals surface area contributed by atoms with Crippen LogP contribution in [0.2, 0.25) is 0 Å². The van der Waals surface area contributed by atoms with Gasteiger partial charge in [0.05, 0.1) is 5.69 Å². The van der Waals surface area contributed by atoms with Gasteiger partial charge in [-0.05, 0) is 72.8 Å². The van der Waals surface area contributed by atoms with Crippen LogP contribution in [0.4, 0.5) is 0 Å². The van der Waals surface area contributed by atoms with E-state index in [1.54, 1.807) is 0 Å². The first kappa shape index (κ1) is 18.6. The SMILES string of the molecule is CC1(C)c2ccc(-c3ccccn3)cc2-c2c1ccc1c3ccccc3c3ccccc3c21. The maximum absolute atomic E-state index is 4.62. The summed E-state index contributed by atoms with van der Waals surface area (Å²) in [5.41, 5.74) is 7.65. The van der Waals surface area contributed by atoms with Gasteiger partial charge in [0.1, 0.15) is 0 Å². The van der Waals surface area contributed by atoms with Gasteiger partial charge in [0.2, 0.25) is 0 Å². The Morgan fingerprint density at radius 1 is 0.576 bits per heavy atom. The Bertz CT molecular complexity index is 1690. The van der Waals surface area contributed by atoms with Crippen LogP contribution in [0.25, 0.3) is 54.7 Å². The summed E-state index contributed by atoms with van der Waals surface area (Å²) in [5, 5.41) is 7.99. The van der Waals surface area contributed by atoms with Gasteiger partial charge in [-0.3, -0.25) is 4.98 Å². The van der Waals surface area contributed by atoms with E-state index in [1.807, 2.05) is 12.3 Å². The molecule has 0 bridgehead atoms. The van der Waals surface area contributed by atoms with Crippen LogP contribution in [-0.4, -0.2) is 4.98 Å². The van der Waals surface area contributed by atoms with Crippen molar-refractivity contribution in [1.82, 2.24) is 4.98 Å². The Morgan fingerprint density at radius 3 is 1.88 bits per heavy atom. The van der Waals surface area contributed by atoms with E-state index in [0.717, 1.165) is 5.69 Å². The molecule has 0 unspecified atom stereocenters.